The normalized spacial score (nSPS) is 13.1. The van der Waals surface area contributed by atoms with E-state index in [2.05, 4.69) is 16.0 Å². The fourth-order valence-corrected chi connectivity index (χ4v) is 2.66. The van der Waals surface area contributed by atoms with Crippen LogP contribution in [0.1, 0.15) is 44.9 Å². The van der Waals surface area contributed by atoms with Gasteiger partial charge in [0.25, 0.3) is 0 Å². The van der Waals surface area contributed by atoms with Gasteiger partial charge in [0.15, 0.2) is 0 Å². The lowest BCUT2D eigenvalue weighted by Gasteiger charge is -2.25. The SMILES string of the molecule is C[C@@H](NC(=O)N[C@H](Cc1ccccc1)NC(=O)OC(C)(C)C)c1ccccc1. The van der Waals surface area contributed by atoms with Crippen molar-refractivity contribution in [3.8, 4) is 0 Å². The molecule has 3 amide bonds. The second kappa shape index (κ2) is 9.78. The molecule has 0 saturated heterocycles. The molecular weight excluding hydrogens is 354 g/mol. The average Bonchev–Trinajstić information content (AvgIpc) is 2.61. The number of amides is 3. The average molecular weight is 383 g/mol. The maximum atomic E-state index is 12.5. The molecule has 2 atom stereocenters. The maximum absolute atomic E-state index is 12.5. The summed E-state index contributed by atoms with van der Waals surface area (Å²) < 4.78 is 5.32. The van der Waals surface area contributed by atoms with Gasteiger partial charge in [0.2, 0.25) is 0 Å². The Hall–Kier alpha value is -3.02. The first kappa shape index (κ1) is 21.3. The molecule has 2 aromatic carbocycles. The molecule has 3 N–H and O–H groups in total. The van der Waals surface area contributed by atoms with E-state index in [1.165, 1.54) is 0 Å². The Labute approximate surface area is 166 Å². The molecule has 0 spiro atoms. The summed E-state index contributed by atoms with van der Waals surface area (Å²) in [5.41, 5.74) is 1.36. The van der Waals surface area contributed by atoms with Crippen molar-refractivity contribution in [1.29, 1.82) is 0 Å². The van der Waals surface area contributed by atoms with Crippen LogP contribution in [0, 0.1) is 0 Å². The first-order valence-corrected chi connectivity index (χ1v) is 9.38. The summed E-state index contributed by atoms with van der Waals surface area (Å²) in [7, 11) is 0. The van der Waals surface area contributed by atoms with Gasteiger partial charge in [0, 0.05) is 6.42 Å². The van der Waals surface area contributed by atoms with E-state index in [4.69, 9.17) is 4.74 Å². The van der Waals surface area contributed by atoms with Crippen molar-refractivity contribution in [1.82, 2.24) is 16.0 Å². The van der Waals surface area contributed by atoms with E-state index in [0.29, 0.717) is 6.42 Å². The molecule has 0 unspecified atom stereocenters. The number of nitrogens with one attached hydrogen (secondary N) is 3. The molecule has 0 bridgehead atoms. The Kier molecular flexibility index (Phi) is 7.44. The molecule has 28 heavy (non-hydrogen) atoms. The molecule has 0 aliphatic heterocycles. The summed E-state index contributed by atoms with van der Waals surface area (Å²) in [6.45, 7) is 7.28. The number of urea groups is 1. The lowest BCUT2D eigenvalue weighted by Crippen LogP contribution is -2.53. The second-order valence-corrected chi connectivity index (χ2v) is 7.64. The number of ether oxygens (including phenoxy) is 1. The van der Waals surface area contributed by atoms with Gasteiger partial charge in [0.1, 0.15) is 11.8 Å². The van der Waals surface area contributed by atoms with Gasteiger partial charge in [-0.2, -0.15) is 0 Å². The zero-order valence-corrected chi connectivity index (χ0v) is 16.9. The van der Waals surface area contributed by atoms with Crippen molar-refractivity contribution >= 4 is 12.1 Å². The lowest BCUT2D eigenvalue weighted by molar-refractivity contribution is 0.0498. The van der Waals surface area contributed by atoms with Crippen molar-refractivity contribution in [3.05, 3.63) is 71.8 Å². The molecule has 2 aromatic rings. The van der Waals surface area contributed by atoms with Gasteiger partial charge < -0.3 is 20.7 Å². The monoisotopic (exact) mass is 383 g/mol. The first-order valence-electron chi connectivity index (χ1n) is 9.38. The van der Waals surface area contributed by atoms with Crippen LogP contribution >= 0.6 is 0 Å². The zero-order chi connectivity index (χ0) is 20.6. The molecule has 0 fully saturated rings. The zero-order valence-electron chi connectivity index (χ0n) is 16.9. The van der Waals surface area contributed by atoms with Crippen LogP contribution in [0.3, 0.4) is 0 Å². The summed E-state index contributed by atoms with van der Waals surface area (Å²) in [6.07, 6.45) is -0.752. The van der Waals surface area contributed by atoms with Gasteiger partial charge in [-0.25, -0.2) is 9.59 Å². The lowest BCUT2D eigenvalue weighted by atomic mass is 10.1. The van der Waals surface area contributed by atoms with E-state index in [1.807, 2.05) is 67.6 Å². The van der Waals surface area contributed by atoms with E-state index >= 15 is 0 Å². The molecule has 6 nitrogen and oxygen atoms in total. The van der Waals surface area contributed by atoms with Crippen LogP contribution in [-0.4, -0.2) is 23.9 Å². The number of benzene rings is 2. The molecular formula is C22H29N3O3. The van der Waals surface area contributed by atoms with E-state index in [0.717, 1.165) is 11.1 Å². The molecule has 0 heterocycles. The van der Waals surface area contributed by atoms with Gasteiger partial charge in [0.05, 0.1) is 6.04 Å². The minimum absolute atomic E-state index is 0.167. The highest BCUT2D eigenvalue weighted by molar-refractivity contribution is 5.76. The third-order valence-corrected chi connectivity index (χ3v) is 3.93. The smallest absolute Gasteiger partial charge is 0.409 e. The van der Waals surface area contributed by atoms with Crippen LogP contribution in [0.4, 0.5) is 9.59 Å². The van der Waals surface area contributed by atoms with Crippen LogP contribution in [0.25, 0.3) is 0 Å². The summed E-state index contributed by atoms with van der Waals surface area (Å²) in [5.74, 6) is 0. The molecule has 0 radical (unpaired) electrons. The number of carbonyl (C=O) groups excluding carboxylic acids is 2. The predicted molar refractivity (Wildman–Crippen MR) is 110 cm³/mol. The van der Waals surface area contributed by atoms with Gasteiger partial charge in [-0.1, -0.05) is 60.7 Å². The molecule has 2 rings (SSSR count). The van der Waals surface area contributed by atoms with Crippen molar-refractivity contribution < 1.29 is 14.3 Å². The summed E-state index contributed by atoms with van der Waals surface area (Å²) in [6, 6.07) is 18.8. The number of carbonyl (C=O) groups is 2. The van der Waals surface area contributed by atoms with Crippen molar-refractivity contribution in [2.24, 2.45) is 0 Å². The van der Waals surface area contributed by atoms with Gasteiger partial charge in [-0.05, 0) is 38.8 Å². The number of hydrogen-bond donors (Lipinski definition) is 3. The van der Waals surface area contributed by atoms with Gasteiger partial charge in [-0.15, -0.1) is 0 Å². The molecule has 0 saturated carbocycles. The molecule has 150 valence electrons. The largest absolute Gasteiger partial charge is 0.444 e. The van der Waals surface area contributed by atoms with Gasteiger partial charge >= 0.3 is 12.1 Å². The third kappa shape index (κ3) is 7.70. The molecule has 0 aromatic heterocycles. The van der Waals surface area contributed by atoms with Crippen LogP contribution < -0.4 is 16.0 Å². The van der Waals surface area contributed by atoms with Crippen LogP contribution in [-0.2, 0) is 11.2 Å². The number of alkyl carbamates (subject to hydrolysis) is 1. The van der Waals surface area contributed by atoms with Gasteiger partial charge in [-0.3, -0.25) is 0 Å². The summed E-state index contributed by atoms with van der Waals surface area (Å²) in [5, 5.41) is 8.45. The quantitative estimate of drug-likeness (QED) is 0.656. The number of hydrogen-bond acceptors (Lipinski definition) is 3. The summed E-state index contributed by atoms with van der Waals surface area (Å²) in [4.78, 5) is 24.7. The molecule has 0 aliphatic carbocycles. The third-order valence-electron chi connectivity index (χ3n) is 3.93. The maximum Gasteiger partial charge on any atom is 0.409 e. The minimum atomic E-state index is -0.620. The standard InChI is InChI=1S/C22H29N3O3/c1-16(18-13-9-6-10-14-18)23-20(26)24-19(15-17-11-7-5-8-12-17)25-21(27)28-22(2,3)4/h5-14,16,19H,15H2,1-4H3,(H,25,27)(H2,23,24,26)/t16-,19+/m1/s1. The Morgan fingerprint density at radius 2 is 1.46 bits per heavy atom. The van der Waals surface area contributed by atoms with Crippen LogP contribution in [0.15, 0.2) is 60.7 Å². The Morgan fingerprint density at radius 1 is 0.893 bits per heavy atom. The topological polar surface area (TPSA) is 79.5 Å². The number of rotatable bonds is 6. The Morgan fingerprint density at radius 3 is 2.04 bits per heavy atom. The molecule has 6 heteroatoms. The Bertz CT molecular complexity index is 758. The van der Waals surface area contributed by atoms with Crippen molar-refractivity contribution in [2.45, 2.75) is 51.9 Å². The first-order chi connectivity index (χ1) is 13.2. The minimum Gasteiger partial charge on any atom is -0.444 e. The van der Waals surface area contributed by atoms with E-state index in [9.17, 15) is 9.59 Å². The van der Waals surface area contributed by atoms with Crippen molar-refractivity contribution in [3.63, 3.8) is 0 Å². The Balaban J connectivity index is 2.01. The highest BCUT2D eigenvalue weighted by atomic mass is 16.6. The molecule has 0 aliphatic rings. The van der Waals surface area contributed by atoms with Crippen LogP contribution in [0.2, 0.25) is 0 Å². The fraction of sp³-hybridized carbons (Fsp3) is 0.364. The highest BCUT2D eigenvalue weighted by Crippen LogP contribution is 2.11. The van der Waals surface area contributed by atoms with E-state index < -0.39 is 17.9 Å². The van der Waals surface area contributed by atoms with Crippen molar-refractivity contribution in [2.75, 3.05) is 0 Å². The van der Waals surface area contributed by atoms with E-state index in [-0.39, 0.29) is 12.1 Å². The fourth-order valence-electron chi connectivity index (χ4n) is 2.66. The summed E-state index contributed by atoms with van der Waals surface area (Å²) >= 11 is 0. The predicted octanol–water partition coefficient (Wildman–Crippen LogP) is 4.14. The second-order valence-electron chi connectivity index (χ2n) is 7.64. The highest BCUT2D eigenvalue weighted by Gasteiger charge is 2.21. The van der Waals surface area contributed by atoms with Crippen LogP contribution in [0.5, 0.6) is 0 Å². The van der Waals surface area contributed by atoms with E-state index in [1.54, 1.807) is 20.8 Å².